The standard InChI is InChI=1S/C67H92N16O20S3/c1-34-9-7-11-47-48(28-49(35(2)27-40-32-104-37(4)74-40)103-52(88)29-50(86)67(5,6)55(90)36(3)54(34)89)83(47)21-24-101-66(100)102-25-26-105-106-33-46(63(98)99)80-60(94)44(19-23-85)78-58(92)42(10-8-20-71-64(68)69)77-59(93)43(18-22-84)76-51(87)17-16-45(62(96)97)79-57(91)38-12-14-39(15-13-38)72-30-41-31-73-56-53(75-41)61(95)82-65(70)81-56/h12-15,22-23,27,31-32,34,36,42-50,54,72,86,89H,7-11,16-21,24-26,28-30,33H2,1-6H3,(H,76,87)(H,77,93)(H,78,92)(H,79,91)(H,80,94)(H,96,97)(H,98,99)(H4,68,69,71)(H3,70,73,81,82,95)/b35-27+/t34-,36+,42-,43-,44-,45-,46?,47+,48-,49-,50-,54-,83?/m0/s1. The number of H-pyrrole nitrogens is 1. The Labute approximate surface area is 620 Å². The van der Waals surface area contributed by atoms with Gasteiger partial charge in [-0.05, 0) is 87.8 Å². The molecule has 2 aliphatic heterocycles. The first-order valence-electron chi connectivity index (χ1n) is 34.1. The van der Waals surface area contributed by atoms with Gasteiger partial charge in [0.15, 0.2) is 17.1 Å². The lowest BCUT2D eigenvalue weighted by molar-refractivity contribution is -0.154. The van der Waals surface area contributed by atoms with E-state index in [0.717, 1.165) is 26.6 Å². The summed E-state index contributed by atoms with van der Waals surface area (Å²) in [6, 6.07) is -2.48. The Hall–Kier alpha value is -9.70. The van der Waals surface area contributed by atoms with Gasteiger partial charge < -0.3 is 92.9 Å². The maximum Gasteiger partial charge on any atom is 0.508 e. The molecule has 13 atom stereocenters. The van der Waals surface area contributed by atoms with E-state index in [1.807, 2.05) is 32.2 Å². The number of guanidine groups is 1. The van der Waals surface area contributed by atoms with Crippen LogP contribution in [0.3, 0.4) is 0 Å². The van der Waals surface area contributed by atoms with Crippen LogP contribution < -0.4 is 54.2 Å². The molecule has 106 heavy (non-hydrogen) atoms. The summed E-state index contributed by atoms with van der Waals surface area (Å²) in [7, 11) is 2.07. The molecule has 2 fully saturated rings. The number of amides is 5. The molecule has 0 aliphatic carbocycles. The van der Waals surface area contributed by atoms with E-state index in [-0.39, 0.29) is 116 Å². The zero-order valence-electron chi connectivity index (χ0n) is 59.3. The summed E-state index contributed by atoms with van der Waals surface area (Å²) in [6.45, 7) is 10.4. The first kappa shape index (κ1) is 85.2. The van der Waals surface area contributed by atoms with Gasteiger partial charge in [0, 0.05) is 84.9 Å². The lowest BCUT2D eigenvalue weighted by Crippen LogP contribution is -2.58. The average molecular weight is 1540 g/mol. The second kappa shape index (κ2) is 41.3. The van der Waals surface area contributed by atoms with Crippen molar-refractivity contribution in [3.05, 3.63) is 73.7 Å². The summed E-state index contributed by atoms with van der Waals surface area (Å²) in [5.41, 5.74) is 11.4. The first-order valence-corrected chi connectivity index (χ1v) is 37.4. The number of ketones is 1. The number of aromatic nitrogens is 5. The van der Waals surface area contributed by atoms with Crippen LogP contribution in [0.5, 0.6) is 0 Å². The molecule has 0 spiro atoms. The first-order chi connectivity index (χ1) is 50.3. The topological polar surface area (TPSA) is 561 Å². The Morgan fingerprint density at radius 2 is 1.50 bits per heavy atom. The number of esters is 1. The van der Waals surface area contributed by atoms with E-state index < -0.39 is 157 Å². The number of hydrogen-bond acceptors (Lipinski definition) is 29. The molecule has 39 heteroatoms. The SMILES string of the molecule is C/C(=C\c1csc(C)n1)[C@@H]1C[C@H]2[C@@H](CCC[C@H](C)[C@H](O)[C@@H](C)C(=O)C(C)(C)[C@@H](O)CC(=O)O1)N2CCOC(=O)OCCSSCC(NC(=O)[C@H](CC=O)NC(=O)[C@H](CCCNC(=N)N)NC(=O)[C@H](CC=O)NC(=O)CC[C@H](NC(=O)c1ccc(NCc2cnc3nc(N)[nH]c(=O)c3n2)cc1)C(=O)O)C(=O)O. The molecule has 5 amide bonds. The van der Waals surface area contributed by atoms with E-state index in [2.05, 4.69) is 67.0 Å². The van der Waals surface area contributed by atoms with E-state index in [1.165, 1.54) is 41.8 Å². The Morgan fingerprint density at radius 1 is 0.849 bits per heavy atom. The highest BCUT2D eigenvalue weighted by Crippen LogP contribution is 2.39. The van der Waals surface area contributed by atoms with Gasteiger partial charge in [-0.25, -0.2) is 29.3 Å². The van der Waals surface area contributed by atoms with Gasteiger partial charge in [-0.1, -0.05) is 55.7 Å². The molecule has 2 saturated heterocycles. The number of carboxylic acids is 2. The number of aliphatic hydroxyl groups is 2. The third-order valence-electron chi connectivity index (χ3n) is 17.8. The quantitative estimate of drug-likeness (QED) is 0.00579. The van der Waals surface area contributed by atoms with Crippen LogP contribution in [0.25, 0.3) is 17.2 Å². The fourth-order valence-corrected chi connectivity index (χ4v) is 14.2. The fraction of sp³-hybridized carbons (Fsp3) is 0.552. The molecule has 6 rings (SSSR count). The molecule has 0 saturated carbocycles. The number of cyclic esters (lactones) is 1. The summed E-state index contributed by atoms with van der Waals surface area (Å²) in [5.74, 6) is -10.9. The minimum Gasteiger partial charge on any atom is -0.480 e. The monoisotopic (exact) mass is 1540 g/mol. The number of aldehydes is 2. The fourth-order valence-electron chi connectivity index (χ4n) is 11.6. The summed E-state index contributed by atoms with van der Waals surface area (Å²) < 4.78 is 16.8. The summed E-state index contributed by atoms with van der Waals surface area (Å²) in [4.78, 5) is 190. The van der Waals surface area contributed by atoms with Gasteiger partial charge in [-0.3, -0.25) is 53.6 Å². The Balaban J connectivity index is 0.963. The van der Waals surface area contributed by atoms with Crippen molar-refractivity contribution < 1.29 is 92.2 Å². The number of rotatable bonds is 36. The number of aliphatic carboxylic acids is 2. The number of hydrogen-bond donors (Lipinski definition) is 15. The average Bonchev–Trinajstić information content (AvgIpc) is 1.62. The number of carbonyl (C=O) groups is 12. The highest BCUT2D eigenvalue weighted by Gasteiger charge is 2.49. The van der Waals surface area contributed by atoms with E-state index >= 15 is 0 Å². The van der Waals surface area contributed by atoms with Crippen molar-refractivity contribution in [3.8, 4) is 0 Å². The van der Waals surface area contributed by atoms with Crippen molar-refractivity contribution in [1.82, 2.24) is 61.7 Å². The molecule has 36 nitrogen and oxygen atoms in total. The molecule has 17 N–H and O–H groups in total. The van der Waals surface area contributed by atoms with Gasteiger partial charge in [0.25, 0.3) is 11.5 Å². The summed E-state index contributed by atoms with van der Waals surface area (Å²) >= 11 is 1.46. The second-order valence-electron chi connectivity index (χ2n) is 26.1. The predicted octanol–water partition coefficient (Wildman–Crippen LogP) is 1.26. The molecule has 0 bridgehead atoms. The van der Waals surface area contributed by atoms with E-state index in [0.29, 0.717) is 48.3 Å². The molecule has 3 aromatic heterocycles. The van der Waals surface area contributed by atoms with Gasteiger partial charge in [0.1, 0.15) is 67.9 Å². The number of carboxylic acid groups (broad SMARTS) is 2. The third kappa shape index (κ3) is 26.4. The van der Waals surface area contributed by atoms with E-state index in [9.17, 15) is 82.8 Å². The number of carbonyl (C=O) groups excluding carboxylic acids is 10. The highest BCUT2D eigenvalue weighted by atomic mass is 33.1. The van der Waals surface area contributed by atoms with Gasteiger partial charge >= 0.3 is 24.1 Å². The van der Waals surface area contributed by atoms with Crippen LogP contribution in [-0.2, 0) is 68.7 Å². The van der Waals surface area contributed by atoms with Gasteiger partial charge in [-0.2, -0.15) is 4.98 Å². The van der Waals surface area contributed by atoms with E-state index in [4.69, 9.17) is 31.1 Å². The molecule has 578 valence electrons. The zero-order valence-corrected chi connectivity index (χ0v) is 61.7. The van der Waals surface area contributed by atoms with Crippen molar-refractivity contribution in [1.29, 1.82) is 5.41 Å². The van der Waals surface area contributed by atoms with Gasteiger partial charge in [0.2, 0.25) is 29.6 Å². The number of thiazole rings is 1. The van der Waals surface area contributed by atoms with Crippen LogP contribution in [0.15, 0.2) is 46.2 Å². The van der Waals surface area contributed by atoms with Crippen molar-refractivity contribution >= 4 is 140 Å². The minimum atomic E-state index is -1.70. The molecule has 0 radical (unpaired) electrons. The van der Waals surface area contributed by atoms with E-state index in [1.54, 1.807) is 20.8 Å². The Morgan fingerprint density at radius 3 is 2.15 bits per heavy atom. The smallest absolute Gasteiger partial charge is 0.480 e. The number of nitrogens with one attached hydrogen (secondary N) is 9. The lowest BCUT2D eigenvalue weighted by atomic mass is 9.73. The molecular formula is C67H92N16O20S3. The number of Topliss-reactive ketones (excluding diaryl/α,β-unsaturated/α-hetero) is 1. The van der Waals surface area contributed by atoms with Crippen molar-refractivity contribution in [3.63, 3.8) is 0 Å². The predicted molar refractivity (Wildman–Crippen MR) is 389 cm³/mol. The van der Waals surface area contributed by atoms with Gasteiger partial charge in [-0.15, -0.1) is 11.3 Å². The normalized spacial score (nSPS) is 21.1. The number of anilines is 2. The number of aryl methyl sites for hydroxylation is 1. The number of nitrogen functional groups attached to an aromatic ring is 1. The van der Waals surface area contributed by atoms with Crippen molar-refractivity contribution in [2.24, 2.45) is 23.0 Å². The van der Waals surface area contributed by atoms with Crippen LogP contribution in [-0.4, -0.2) is 227 Å². The van der Waals surface area contributed by atoms with Crippen LogP contribution in [0.1, 0.15) is 132 Å². The van der Waals surface area contributed by atoms with Crippen molar-refractivity contribution in [2.45, 2.75) is 179 Å². The minimum absolute atomic E-state index is 0.00684. The maximum absolute atomic E-state index is 13.9. The Kier molecular flexibility index (Phi) is 33.2. The molecule has 2 unspecified atom stereocenters. The third-order valence-corrected chi connectivity index (χ3v) is 20.9. The zero-order chi connectivity index (χ0) is 77.9. The second-order valence-corrected chi connectivity index (χ2v) is 29.8. The van der Waals surface area contributed by atoms with Crippen molar-refractivity contribution in [2.75, 3.05) is 48.9 Å². The molecule has 1 aromatic carbocycles. The van der Waals surface area contributed by atoms with Crippen LogP contribution in [0.4, 0.5) is 16.4 Å². The number of benzene rings is 1. The largest absolute Gasteiger partial charge is 0.508 e. The Bertz CT molecular complexity index is 3880. The van der Waals surface area contributed by atoms with Crippen LogP contribution >= 0.6 is 32.9 Å². The van der Waals surface area contributed by atoms with Gasteiger partial charge in [0.05, 0.1) is 53.2 Å². The number of nitrogens with zero attached hydrogens (tertiary/aromatic N) is 5. The summed E-state index contributed by atoms with van der Waals surface area (Å²) in [6.07, 6.45) is -1.10. The number of aromatic amines is 1. The highest BCUT2D eigenvalue weighted by molar-refractivity contribution is 8.76. The maximum atomic E-state index is 13.9. The lowest BCUT2D eigenvalue weighted by Gasteiger charge is -2.34. The summed E-state index contributed by atoms with van der Waals surface area (Å²) in [5, 5.41) is 70.0. The number of nitrogens with two attached hydrogens (primary N) is 2. The van der Waals surface area contributed by atoms with Crippen LogP contribution in [0, 0.1) is 29.6 Å². The number of fused-ring (bicyclic) bond motifs is 2. The molecule has 5 heterocycles. The number of aliphatic hydroxyl groups excluding tert-OH is 2. The molecule has 2 aliphatic rings. The molecule has 4 aromatic rings. The number of ether oxygens (including phenoxy) is 3. The van der Waals surface area contributed by atoms with Crippen LogP contribution in [0.2, 0.25) is 0 Å². The molecular weight excluding hydrogens is 1450 g/mol.